The number of rotatable bonds is 3. The van der Waals surface area contributed by atoms with Crippen LogP contribution in [-0.4, -0.2) is 87.6 Å². The summed E-state index contributed by atoms with van der Waals surface area (Å²) in [7, 11) is 2.09. The van der Waals surface area contributed by atoms with Gasteiger partial charge in [-0.3, -0.25) is 19.1 Å². The largest absolute Gasteiger partial charge is 0.340 e. The second kappa shape index (κ2) is 9.59. The number of carbonyl (C=O) groups is 2. The molecular formula is C28H36N6O3. The number of carbonyl (C=O) groups excluding carboxylic acids is 2. The van der Waals surface area contributed by atoms with Crippen molar-refractivity contribution in [1.82, 2.24) is 29.5 Å². The molecule has 0 unspecified atom stereocenters. The third-order valence-corrected chi connectivity index (χ3v) is 8.76. The van der Waals surface area contributed by atoms with Crippen LogP contribution in [0.15, 0.2) is 23.1 Å². The van der Waals surface area contributed by atoms with Crippen molar-refractivity contribution < 1.29 is 9.59 Å². The van der Waals surface area contributed by atoms with Crippen LogP contribution >= 0.6 is 0 Å². The van der Waals surface area contributed by atoms with E-state index in [1.165, 1.54) is 12.8 Å². The van der Waals surface area contributed by atoms with Gasteiger partial charge in [0.2, 0.25) is 5.91 Å². The molecule has 3 aliphatic rings. The van der Waals surface area contributed by atoms with Crippen LogP contribution in [0.1, 0.15) is 60.5 Å². The van der Waals surface area contributed by atoms with E-state index in [2.05, 4.69) is 22.0 Å². The van der Waals surface area contributed by atoms with E-state index in [0.29, 0.717) is 42.9 Å². The van der Waals surface area contributed by atoms with Crippen LogP contribution in [0.4, 0.5) is 0 Å². The fourth-order valence-electron chi connectivity index (χ4n) is 6.43. The molecule has 4 heterocycles. The van der Waals surface area contributed by atoms with Gasteiger partial charge in [-0.05, 0) is 57.4 Å². The maximum Gasteiger partial charge on any atom is 0.259 e. The first-order valence-electron chi connectivity index (χ1n) is 13.7. The Morgan fingerprint density at radius 1 is 0.919 bits per heavy atom. The van der Waals surface area contributed by atoms with Gasteiger partial charge in [0.1, 0.15) is 0 Å². The molecule has 1 N–H and O–H groups in total. The summed E-state index contributed by atoms with van der Waals surface area (Å²) in [6, 6.07) is 4.15. The van der Waals surface area contributed by atoms with E-state index in [-0.39, 0.29) is 23.3 Å². The number of amides is 2. The van der Waals surface area contributed by atoms with Gasteiger partial charge < -0.3 is 19.7 Å². The van der Waals surface area contributed by atoms with Crippen molar-refractivity contribution in [2.24, 2.45) is 5.92 Å². The zero-order chi connectivity index (χ0) is 25.7. The van der Waals surface area contributed by atoms with Crippen molar-refractivity contribution in [3.8, 4) is 0 Å². The zero-order valence-corrected chi connectivity index (χ0v) is 21.8. The lowest BCUT2D eigenvalue weighted by Gasteiger charge is -2.37. The van der Waals surface area contributed by atoms with Gasteiger partial charge in [0.25, 0.3) is 11.5 Å². The molecule has 2 aromatic heterocycles. The zero-order valence-electron chi connectivity index (χ0n) is 21.8. The van der Waals surface area contributed by atoms with Crippen molar-refractivity contribution in [1.29, 1.82) is 0 Å². The normalized spacial score (nSPS) is 20.4. The number of nitrogens with zero attached hydrogens (tertiary/aromatic N) is 5. The number of aromatic nitrogens is 3. The molecule has 37 heavy (non-hydrogen) atoms. The summed E-state index contributed by atoms with van der Waals surface area (Å²) in [6.07, 6.45) is 7.53. The number of piperidine rings is 1. The van der Waals surface area contributed by atoms with Crippen molar-refractivity contribution >= 4 is 33.6 Å². The van der Waals surface area contributed by atoms with E-state index in [4.69, 9.17) is 0 Å². The van der Waals surface area contributed by atoms with E-state index in [9.17, 15) is 14.4 Å². The van der Waals surface area contributed by atoms with E-state index >= 15 is 0 Å². The van der Waals surface area contributed by atoms with Crippen molar-refractivity contribution in [3.05, 3.63) is 39.8 Å². The number of likely N-dealkylation sites (tertiary alicyclic amines) is 1. The van der Waals surface area contributed by atoms with Crippen LogP contribution in [0.2, 0.25) is 0 Å². The highest BCUT2D eigenvalue weighted by molar-refractivity contribution is 6.07. The number of hydrogen-bond donors (Lipinski definition) is 1. The summed E-state index contributed by atoms with van der Waals surface area (Å²) in [5, 5.41) is 6.05. The summed E-state index contributed by atoms with van der Waals surface area (Å²) in [5.41, 5.74) is 2.93. The highest BCUT2D eigenvalue weighted by atomic mass is 16.2. The van der Waals surface area contributed by atoms with Gasteiger partial charge in [0.05, 0.1) is 28.7 Å². The molecule has 2 aliphatic heterocycles. The van der Waals surface area contributed by atoms with Crippen molar-refractivity contribution in [3.63, 3.8) is 0 Å². The van der Waals surface area contributed by atoms with Gasteiger partial charge >= 0.3 is 0 Å². The topological polar surface area (TPSA) is 94.5 Å². The monoisotopic (exact) mass is 504 g/mol. The summed E-state index contributed by atoms with van der Waals surface area (Å²) >= 11 is 0. The number of aryl methyl sites for hydroxylation is 1. The number of likely N-dealkylation sites (N-methyl/N-ethyl adjacent to an activating group) is 1. The first-order chi connectivity index (χ1) is 17.9. The van der Waals surface area contributed by atoms with Crippen LogP contribution in [0, 0.1) is 12.8 Å². The summed E-state index contributed by atoms with van der Waals surface area (Å²) in [4.78, 5) is 48.7. The minimum Gasteiger partial charge on any atom is -0.340 e. The highest BCUT2D eigenvalue weighted by Crippen LogP contribution is 2.34. The summed E-state index contributed by atoms with van der Waals surface area (Å²) in [5.74, 6) is 0.236. The Labute approximate surface area is 216 Å². The second-order valence-electron chi connectivity index (χ2n) is 11.2. The third-order valence-electron chi connectivity index (χ3n) is 8.76. The molecule has 0 bridgehead atoms. The Balaban J connectivity index is 1.25. The fraction of sp³-hybridized carbons (Fsp3) is 0.571. The summed E-state index contributed by atoms with van der Waals surface area (Å²) < 4.78 is 2.01. The van der Waals surface area contributed by atoms with Crippen molar-refractivity contribution in [2.75, 3.05) is 46.3 Å². The molecule has 2 saturated heterocycles. The Bertz CT molecular complexity index is 1400. The van der Waals surface area contributed by atoms with Gasteiger partial charge in [-0.15, -0.1) is 0 Å². The fourth-order valence-corrected chi connectivity index (χ4v) is 6.43. The number of piperazine rings is 1. The van der Waals surface area contributed by atoms with Gasteiger partial charge in [-0.25, -0.2) is 0 Å². The minimum atomic E-state index is -0.141. The van der Waals surface area contributed by atoms with Crippen LogP contribution < -0.4 is 5.56 Å². The Morgan fingerprint density at radius 3 is 2.32 bits per heavy atom. The quantitative estimate of drug-likeness (QED) is 0.592. The Morgan fingerprint density at radius 2 is 1.62 bits per heavy atom. The molecular weight excluding hydrogens is 468 g/mol. The van der Waals surface area contributed by atoms with Crippen LogP contribution in [0.3, 0.4) is 0 Å². The molecule has 3 fully saturated rings. The van der Waals surface area contributed by atoms with Gasteiger partial charge in [0.15, 0.2) is 0 Å². The van der Waals surface area contributed by atoms with E-state index in [0.717, 1.165) is 61.0 Å². The average Bonchev–Trinajstić information content (AvgIpc) is 3.59. The molecule has 0 spiro atoms. The predicted molar refractivity (Wildman–Crippen MR) is 143 cm³/mol. The first-order valence-corrected chi connectivity index (χ1v) is 13.7. The number of aromatic amines is 1. The lowest BCUT2D eigenvalue weighted by Crippen LogP contribution is -2.51. The molecule has 196 valence electrons. The van der Waals surface area contributed by atoms with E-state index < -0.39 is 0 Å². The smallest absolute Gasteiger partial charge is 0.259 e. The number of benzene rings is 1. The second-order valence-corrected chi connectivity index (χ2v) is 11.2. The number of hydrogen-bond acceptors (Lipinski definition) is 5. The third kappa shape index (κ3) is 4.33. The van der Waals surface area contributed by atoms with Gasteiger partial charge in [-0.2, -0.15) is 5.10 Å². The summed E-state index contributed by atoms with van der Waals surface area (Å²) in [6.45, 7) is 6.51. The van der Waals surface area contributed by atoms with Crippen LogP contribution in [0.5, 0.6) is 0 Å². The van der Waals surface area contributed by atoms with Crippen LogP contribution in [0.25, 0.3) is 21.8 Å². The maximum absolute atomic E-state index is 13.7. The molecule has 1 aromatic carbocycles. The lowest BCUT2D eigenvalue weighted by molar-refractivity contribution is -0.138. The molecule has 9 nitrogen and oxygen atoms in total. The average molecular weight is 505 g/mol. The Kier molecular flexibility index (Phi) is 6.26. The molecule has 9 heteroatoms. The lowest BCUT2D eigenvalue weighted by atomic mass is 9.94. The molecule has 6 rings (SSSR count). The van der Waals surface area contributed by atoms with Gasteiger partial charge in [0, 0.05) is 56.1 Å². The number of nitrogens with one attached hydrogen (secondary N) is 1. The number of fused-ring (bicyclic) bond motifs is 3. The van der Waals surface area contributed by atoms with E-state index in [1.807, 2.05) is 33.5 Å². The first kappa shape index (κ1) is 24.2. The number of H-pyrrole nitrogens is 1. The predicted octanol–water partition coefficient (Wildman–Crippen LogP) is 2.93. The molecule has 0 atom stereocenters. The van der Waals surface area contributed by atoms with Gasteiger partial charge in [-0.1, -0.05) is 12.8 Å². The number of pyridine rings is 1. The molecule has 0 radical (unpaired) electrons. The van der Waals surface area contributed by atoms with E-state index in [1.54, 1.807) is 6.20 Å². The Hall–Kier alpha value is -3.20. The minimum absolute atomic E-state index is 0.00354. The maximum atomic E-state index is 13.7. The highest BCUT2D eigenvalue weighted by Gasteiger charge is 2.32. The molecule has 1 aliphatic carbocycles. The standard InChI is InChI=1S/C28H36N6O3/c1-18-15-24-22(25-23(26(35)30-24)17-29-34(25)20-5-3-4-6-20)16-21(18)28(37)32-9-7-19(8-10-32)27(36)33-13-11-31(2)12-14-33/h15-17,19-20H,3-14H2,1-2H3,(H,30,35). The molecule has 2 amide bonds. The molecule has 3 aromatic rings. The van der Waals surface area contributed by atoms with Crippen molar-refractivity contribution in [2.45, 2.75) is 51.5 Å². The van der Waals surface area contributed by atoms with Crippen LogP contribution in [-0.2, 0) is 4.79 Å². The molecule has 1 saturated carbocycles. The SMILES string of the molecule is Cc1cc2[nH]c(=O)c3cnn(C4CCCC4)c3c2cc1C(=O)N1CCC(C(=O)N2CCN(C)CC2)CC1.